The summed E-state index contributed by atoms with van der Waals surface area (Å²) in [5, 5.41) is 51.0. The first kappa shape index (κ1) is 37.7. The Morgan fingerprint density at radius 1 is 0.755 bits per heavy atom. The van der Waals surface area contributed by atoms with Crippen LogP contribution in [0.2, 0.25) is 0 Å². The number of hydrogen-bond acceptors (Lipinski definition) is 11. The van der Waals surface area contributed by atoms with Crippen LogP contribution in [0.1, 0.15) is 40.2 Å². The second-order valence-electron chi connectivity index (χ2n) is 13.0. The number of aromatic hydroxyl groups is 2. The molecule has 53 heavy (non-hydrogen) atoms. The number of amides is 1. The molecule has 0 spiro atoms. The maximum atomic E-state index is 13.6. The average Bonchev–Trinajstić information content (AvgIpc) is 3.16. The summed E-state index contributed by atoms with van der Waals surface area (Å²) in [5.41, 5.74) is 3.78. The molecule has 1 aliphatic rings. The third kappa shape index (κ3) is 10.3. The van der Waals surface area contributed by atoms with Crippen molar-refractivity contribution in [3.8, 4) is 17.2 Å². The first-order chi connectivity index (χ1) is 25.7. The minimum absolute atomic E-state index is 0.0566. The highest BCUT2D eigenvalue weighted by Crippen LogP contribution is 2.34. The van der Waals surface area contributed by atoms with Crippen LogP contribution in [0, 0.1) is 0 Å². The lowest BCUT2D eigenvalue weighted by molar-refractivity contribution is -0.497. The number of carbonyl (C=O) groups is 1. The number of aliphatic hydroxyl groups excluding tert-OH is 1. The van der Waals surface area contributed by atoms with E-state index >= 15 is 0 Å². The Morgan fingerprint density at radius 2 is 1.49 bits per heavy atom. The molecule has 12 heteroatoms. The summed E-state index contributed by atoms with van der Waals surface area (Å²) < 4.78 is 18.1. The van der Waals surface area contributed by atoms with Crippen LogP contribution < -0.4 is 4.74 Å². The number of phenols is 2. The molecule has 1 saturated heterocycles. The van der Waals surface area contributed by atoms with Crippen molar-refractivity contribution >= 4 is 16.7 Å². The molecule has 0 bridgehead atoms. The third-order valence-corrected chi connectivity index (χ3v) is 9.28. The van der Waals surface area contributed by atoms with Crippen LogP contribution in [0.3, 0.4) is 0 Å². The van der Waals surface area contributed by atoms with Crippen molar-refractivity contribution in [2.75, 3.05) is 26.3 Å². The zero-order valence-corrected chi connectivity index (χ0v) is 29.2. The molecular formula is C41H44N2O10. The van der Waals surface area contributed by atoms with E-state index in [2.05, 4.69) is 4.84 Å². The minimum Gasteiger partial charge on any atom is -0.508 e. The van der Waals surface area contributed by atoms with Gasteiger partial charge in [0.1, 0.15) is 17.2 Å². The van der Waals surface area contributed by atoms with Crippen LogP contribution in [0.15, 0.2) is 109 Å². The second-order valence-corrected chi connectivity index (χ2v) is 13.0. The average molecular weight is 725 g/mol. The monoisotopic (exact) mass is 724 g/mol. The summed E-state index contributed by atoms with van der Waals surface area (Å²) in [4.78, 5) is 19.8. The maximum absolute atomic E-state index is 13.6. The highest BCUT2D eigenvalue weighted by atomic mass is 17.1. The highest BCUT2D eigenvalue weighted by Gasteiger charge is 2.39. The van der Waals surface area contributed by atoms with Crippen LogP contribution >= 0.6 is 0 Å². The van der Waals surface area contributed by atoms with E-state index in [4.69, 9.17) is 24.6 Å². The summed E-state index contributed by atoms with van der Waals surface area (Å²) in [5.74, 6) is 0.417. The van der Waals surface area contributed by atoms with Gasteiger partial charge >= 0.3 is 0 Å². The van der Waals surface area contributed by atoms with Gasteiger partial charge in [0.25, 0.3) is 0 Å². The zero-order valence-electron chi connectivity index (χ0n) is 29.2. The van der Waals surface area contributed by atoms with E-state index in [1.165, 1.54) is 0 Å². The molecule has 0 radical (unpaired) electrons. The summed E-state index contributed by atoms with van der Waals surface area (Å²) in [7, 11) is 0. The second kappa shape index (κ2) is 18.1. The van der Waals surface area contributed by atoms with E-state index in [1.807, 2.05) is 66.7 Å². The Balaban J connectivity index is 1.10. The largest absolute Gasteiger partial charge is 0.508 e. The SMILES string of the molecule is O=C(Cc1ccc(CON(O)O)cc1)N1CC(O)C(c2ccc(OCCCOCc3ccccc3O)cc2)C(OCc2cc(O)c3ccccc3c2)C1. The van der Waals surface area contributed by atoms with Crippen LogP contribution in [0.4, 0.5) is 0 Å². The summed E-state index contributed by atoms with van der Waals surface area (Å²) in [6.45, 7) is 1.69. The standard InChI is InChI=1S/C41H44N2O10/c44-36-9-4-2-7-33(36)27-50-18-5-19-51-34-16-14-31(15-17-34)41-38(46)23-42(40(47)22-28-10-12-29(13-11-28)26-53-43(48)49)24-39(41)52-25-30-20-32-6-1-3-8-35(32)37(45)21-30/h1-4,6-17,20-21,38-39,41,44-46,48-49H,5,18-19,22-27H2. The molecule has 6 rings (SSSR count). The van der Waals surface area contributed by atoms with Crippen molar-refractivity contribution < 1.29 is 49.6 Å². The zero-order chi connectivity index (χ0) is 37.2. The molecule has 1 aliphatic heterocycles. The number of rotatable bonds is 16. The first-order valence-electron chi connectivity index (χ1n) is 17.5. The van der Waals surface area contributed by atoms with Gasteiger partial charge in [-0.05, 0) is 58.0 Å². The molecule has 1 amide bonds. The van der Waals surface area contributed by atoms with Crippen molar-refractivity contribution in [1.82, 2.24) is 10.3 Å². The summed E-state index contributed by atoms with van der Waals surface area (Å²) in [6, 6.07) is 32.8. The van der Waals surface area contributed by atoms with Gasteiger partial charge in [-0.15, -0.1) is 0 Å². The van der Waals surface area contributed by atoms with E-state index in [-0.39, 0.29) is 55.5 Å². The van der Waals surface area contributed by atoms with Gasteiger partial charge in [0.2, 0.25) is 5.91 Å². The number of ether oxygens (including phenoxy) is 3. The van der Waals surface area contributed by atoms with Gasteiger partial charge in [-0.1, -0.05) is 78.9 Å². The fourth-order valence-electron chi connectivity index (χ4n) is 6.55. The number of piperidine rings is 1. The molecule has 0 aliphatic carbocycles. The number of fused-ring (bicyclic) bond motifs is 1. The number of para-hydroxylation sites is 1. The number of likely N-dealkylation sites (tertiary alicyclic amines) is 1. The van der Waals surface area contributed by atoms with E-state index in [0.29, 0.717) is 37.6 Å². The smallest absolute Gasteiger partial charge is 0.227 e. The predicted octanol–water partition coefficient (Wildman–Crippen LogP) is 5.86. The van der Waals surface area contributed by atoms with Crippen molar-refractivity contribution in [2.45, 2.75) is 50.8 Å². The number of benzene rings is 5. The number of nitrogens with zero attached hydrogens (tertiary/aromatic N) is 2. The fraction of sp³-hybridized carbons (Fsp3) is 0.293. The Kier molecular flexibility index (Phi) is 12.9. The quantitative estimate of drug-likeness (QED) is 0.0612. The van der Waals surface area contributed by atoms with Crippen LogP contribution in [0.5, 0.6) is 17.2 Å². The fourth-order valence-corrected chi connectivity index (χ4v) is 6.55. The molecule has 12 nitrogen and oxygen atoms in total. The molecule has 3 atom stereocenters. The topological polar surface area (TPSA) is 162 Å². The molecule has 1 fully saturated rings. The third-order valence-electron chi connectivity index (χ3n) is 9.28. The van der Waals surface area contributed by atoms with E-state index < -0.39 is 18.1 Å². The van der Waals surface area contributed by atoms with Gasteiger partial charge in [-0.3, -0.25) is 15.2 Å². The number of carbonyl (C=O) groups excluding carboxylic acids is 1. The molecule has 5 aromatic rings. The van der Waals surface area contributed by atoms with Gasteiger partial charge in [-0.25, -0.2) is 4.84 Å². The Hall–Kier alpha value is -5.05. The van der Waals surface area contributed by atoms with E-state index in [1.54, 1.807) is 47.4 Å². The van der Waals surface area contributed by atoms with Crippen molar-refractivity contribution in [3.05, 3.63) is 137 Å². The lowest BCUT2D eigenvalue weighted by atomic mass is 9.84. The molecule has 0 saturated carbocycles. The Morgan fingerprint density at radius 3 is 2.26 bits per heavy atom. The highest BCUT2D eigenvalue weighted by molar-refractivity contribution is 5.88. The lowest BCUT2D eigenvalue weighted by Gasteiger charge is -2.42. The van der Waals surface area contributed by atoms with E-state index in [9.17, 15) is 20.1 Å². The normalized spacial score (nSPS) is 17.4. The van der Waals surface area contributed by atoms with Crippen LogP contribution in [-0.2, 0) is 45.3 Å². The maximum Gasteiger partial charge on any atom is 0.227 e. The molecule has 5 N–H and O–H groups in total. The molecule has 278 valence electrons. The predicted molar refractivity (Wildman–Crippen MR) is 194 cm³/mol. The number of phenolic OH excluding ortho intramolecular Hbond substituents is 2. The molecule has 0 aromatic heterocycles. The number of aliphatic hydroxyl groups is 1. The van der Waals surface area contributed by atoms with E-state index in [0.717, 1.165) is 33.0 Å². The van der Waals surface area contributed by atoms with Gasteiger partial charge in [0.05, 0.1) is 57.1 Å². The van der Waals surface area contributed by atoms with Crippen molar-refractivity contribution in [1.29, 1.82) is 0 Å². The van der Waals surface area contributed by atoms with Gasteiger partial charge < -0.3 is 34.4 Å². The van der Waals surface area contributed by atoms with Crippen LogP contribution in [-0.4, -0.2) is 80.4 Å². The van der Waals surface area contributed by atoms with Gasteiger partial charge in [0, 0.05) is 36.4 Å². The van der Waals surface area contributed by atoms with Crippen molar-refractivity contribution in [3.63, 3.8) is 0 Å². The molecule has 3 unspecified atom stereocenters. The molecule has 5 aromatic carbocycles. The number of β-amino-alcohol motifs (C(OH)–C–C–N with tert-alkyl or cyclic N) is 1. The first-order valence-corrected chi connectivity index (χ1v) is 17.5. The van der Waals surface area contributed by atoms with Crippen LogP contribution in [0.25, 0.3) is 10.8 Å². The molecule has 1 heterocycles. The Labute approximate surface area is 307 Å². The number of hydrogen-bond donors (Lipinski definition) is 5. The Bertz CT molecular complexity index is 1940. The minimum atomic E-state index is -0.921. The summed E-state index contributed by atoms with van der Waals surface area (Å²) in [6.07, 6.45) is -0.730. The van der Waals surface area contributed by atoms with Crippen molar-refractivity contribution in [2.24, 2.45) is 0 Å². The summed E-state index contributed by atoms with van der Waals surface area (Å²) >= 11 is 0. The lowest BCUT2D eigenvalue weighted by Crippen LogP contribution is -2.54. The molecular weight excluding hydrogens is 680 g/mol. The van der Waals surface area contributed by atoms with Gasteiger partial charge in [-0.2, -0.15) is 0 Å². The van der Waals surface area contributed by atoms with Gasteiger partial charge in [0.15, 0.2) is 0 Å².